The van der Waals surface area contributed by atoms with Gasteiger partial charge in [-0.05, 0) is 48.0 Å². The second-order valence-electron chi connectivity index (χ2n) is 4.93. The van der Waals surface area contributed by atoms with Crippen LogP contribution in [0.25, 0.3) is 0 Å². The van der Waals surface area contributed by atoms with Crippen molar-refractivity contribution in [1.29, 1.82) is 0 Å². The number of ether oxygens (including phenoxy) is 1. The fraction of sp³-hybridized carbons (Fsp3) is 0.533. The van der Waals surface area contributed by atoms with Crippen LogP contribution < -0.4 is 5.32 Å². The third kappa shape index (κ3) is 4.16. The van der Waals surface area contributed by atoms with Gasteiger partial charge in [-0.1, -0.05) is 6.92 Å². The summed E-state index contributed by atoms with van der Waals surface area (Å²) in [5, 5.41) is 8.11. The van der Waals surface area contributed by atoms with Crippen molar-refractivity contribution in [1.82, 2.24) is 15.1 Å². The molecule has 2 aromatic rings. The van der Waals surface area contributed by atoms with Gasteiger partial charge in [-0.15, -0.1) is 11.3 Å². The molecule has 6 heteroatoms. The first-order chi connectivity index (χ1) is 10.2. The molecule has 0 radical (unpaired) electrons. The number of rotatable bonds is 8. The molecule has 0 saturated heterocycles. The van der Waals surface area contributed by atoms with Gasteiger partial charge in [0.15, 0.2) is 0 Å². The molecule has 0 amide bonds. The minimum Gasteiger partial charge on any atom is -0.383 e. The van der Waals surface area contributed by atoms with Crippen LogP contribution in [0.15, 0.2) is 22.8 Å². The van der Waals surface area contributed by atoms with Gasteiger partial charge >= 0.3 is 0 Å². The van der Waals surface area contributed by atoms with Crippen molar-refractivity contribution in [2.45, 2.75) is 32.9 Å². The van der Waals surface area contributed by atoms with Gasteiger partial charge in [0.2, 0.25) is 0 Å². The highest BCUT2D eigenvalue weighted by molar-refractivity contribution is 9.10. The maximum Gasteiger partial charge on any atom is 0.0853 e. The van der Waals surface area contributed by atoms with Gasteiger partial charge in [0.25, 0.3) is 0 Å². The van der Waals surface area contributed by atoms with Crippen LogP contribution in [-0.2, 0) is 11.3 Å². The maximum absolute atomic E-state index is 5.19. The monoisotopic (exact) mass is 371 g/mol. The van der Waals surface area contributed by atoms with Gasteiger partial charge < -0.3 is 10.1 Å². The number of hydrogen-bond donors (Lipinski definition) is 1. The van der Waals surface area contributed by atoms with Crippen LogP contribution in [0.3, 0.4) is 0 Å². The number of halogens is 1. The van der Waals surface area contributed by atoms with Gasteiger partial charge in [0.1, 0.15) is 0 Å². The SMILES string of the molecule is CCCNC(c1ccc(C)s1)c1c(Br)cnn1CCOC. The standard InChI is InChI=1S/C15H22BrN3OS/c1-4-7-17-14(13-6-5-11(2)21-13)15-12(16)10-18-19(15)8-9-20-3/h5-6,10,14,17H,4,7-9H2,1-3H3. The van der Waals surface area contributed by atoms with Crippen LogP contribution >= 0.6 is 27.3 Å². The number of thiophene rings is 1. The zero-order chi connectivity index (χ0) is 15.2. The van der Waals surface area contributed by atoms with Gasteiger partial charge in [-0.2, -0.15) is 5.10 Å². The largest absolute Gasteiger partial charge is 0.383 e. The zero-order valence-electron chi connectivity index (χ0n) is 12.7. The smallest absolute Gasteiger partial charge is 0.0853 e. The topological polar surface area (TPSA) is 39.1 Å². The molecule has 0 aromatic carbocycles. The molecule has 0 bridgehead atoms. The van der Waals surface area contributed by atoms with Crippen molar-refractivity contribution >= 4 is 27.3 Å². The van der Waals surface area contributed by atoms with E-state index >= 15 is 0 Å². The summed E-state index contributed by atoms with van der Waals surface area (Å²) in [7, 11) is 1.72. The Kier molecular flexibility index (Phi) is 6.41. The quantitative estimate of drug-likeness (QED) is 0.767. The van der Waals surface area contributed by atoms with Crippen LogP contribution in [0.2, 0.25) is 0 Å². The summed E-state index contributed by atoms with van der Waals surface area (Å²) in [5.41, 5.74) is 1.17. The second-order valence-corrected chi connectivity index (χ2v) is 7.10. The van der Waals surface area contributed by atoms with E-state index in [1.165, 1.54) is 15.4 Å². The normalized spacial score (nSPS) is 12.8. The number of nitrogens with one attached hydrogen (secondary N) is 1. The van der Waals surface area contributed by atoms with Crippen LogP contribution in [0.4, 0.5) is 0 Å². The molecule has 2 heterocycles. The van der Waals surface area contributed by atoms with E-state index in [9.17, 15) is 0 Å². The minimum atomic E-state index is 0.164. The Morgan fingerprint density at radius 2 is 2.29 bits per heavy atom. The lowest BCUT2D eigenvalue weighted by atomic mass is 10.1. The van der Waals surface area contributed by atoms with Gasteiger partial charge in [-0.25, -0.2) is 0 Å². The summed E-state index contributed by atoms with van der Waals surface area (Å²) in [6.45, 7) is 6.71. The van der Waals surface area contributed by atoms with E-state index < -0.39 is 0 Å². The molecule has 4 nitrogen and oxygen atoms in total. The Labute approximate surface area is 138 Å². The molecule has 0 spiro atoms. The summed E-state index contributed by atoms with van der Waals surface area (Å²) in [5.74, 6) is 0. The molecule has 1 atom stereocenters. The summed E-state index contributed by atoms with van der Waals surface area (Å²) >= 11 is 5.48. The molecule has 0 saturated carbocycles. The first-order valence-electron chi connectivity index (χ1n) is 7.17. The number of aromatic nitrogens is 2. The molecule has 0 aliphatic heterocycles. The Bertz CT molecular complexity index is 567. The van der Waals surface area contributed by atoms with Crippen molar-refractivity contribution in [3.8, 4) is 0 Å². The van der Waals surface area contributed by atoms with Gasteiger partial charge in [-0.3, -0.25) is 4.68 Å². The van der Waals surface area contributed by atoms with Gasteiger partial charge in [0, 0.05) is 16.9 Å². The van der Waals surface area contributed by atoms with E-state index in [1.807, 2.05) is 22.2 Å². The maximum atomic E-state index is 5.19. The number of methoxy groups -OCH3 is 1. The Balaban J connectivity index is 2.33. The van der Waals surface area contributed by atoms with Crippen molar-refractivity contribution in [3.05, 3.63) is 38.3 Å². The van der Waals surface area contributed by atoms with E-state index in [0.29, 0.717) is 6.61 Å². The van der Waals surface area contributed by atoms with E-state index in [4.69, 9.17) is 4.74 Å². The number of hydrogen-bond acceptors (Lipinski definition) is 4. The fourth-order valence-corrected chi connectivity index (χ4v) is 3.73. The van der Waals surface area contributed by atoms with Crippen LogP contribution in [0.5, 0.6) is 0 Å². The summed E-state index contributed by atoms with van der Waals surface area (Å²) in [4.78, 5) is 2.65. The summed E-state index contributed by atoms with van der Waals surface area (Å²) < 4.78 is 8.25. The molecule has 2 rings (SSSR count). The molecule has 2 aromatic heterocycles. The summed E-state index contributed by atoms with van der Waals surface area (Å²) in [6.07, 6.45) is 2.97. The number of nitrogens with zero attached hydrogens (tertiary/aromatic N) is 2. The lowest BCUT2D eigenvalue weighted by Crippen LogP contribution is -2.26. The second kappa shape index (κ2) is 8.08. The van der Waals surface area contributed by atoms with Crippen molar-refractivity contribution in [3.63, 3.8) is 0 Å². The lowest BCUT2D eigenvalue weighted by Gasteiger charge is -2.19. The predicted molar refractivity (Wildman–Crippen MR) is 91.0 cm³/mol. The first-order valence-corrected chi connectivity index (χ1v) is 8.78. The van der Waals surface area contributed by atoms with Crippen LogP contribution in [0, 0.1) is 6.92 Å². The molecule has 21 heavy (non-hydrogen) atoms. The third-order valence-corrected chi connectivity index (χ3v) is 4.93. The molecular weight excluding hydrogens is 350 g/mol. The highest BCUT2D eigenvalue weighted by atomic mass is 79.9. The first kappa shape index (κ1) is 16.7. The lowest BCUT2D eigenvalue weighted by molar-refractivity contribution is 0.182. The number of aryl methyl sites for hydroxylation is 1. The Morgan fingerprint density at radius 3 is 2.90 bits per heavy atom. The van der Waals surface area contributed by atoms with Crippen molar-refractivity contribution < 1.29 is 4.74 Å². The van der Waals surface area contributed by atoms with Gasteiger partial charge in [0.05, 0.1) is 35.6 Å². The average molecular weight is 372 g/mol. The highest BCUT2D eigenvalue weighted by Gasteiger charge is 2.22. The molecule has 116 valence electrons. The molecule has 1 unspecified atom stereocenters. The van der Waals surface area contributed by atoms with Crippen molar-refractivity contribution in [2.75, 3.05) is 20.3 Å². The molecule has 1 N–H and O–H groups in total. The molecule has 0 aliphatic carbocycles. The van der Waals surface area contributed by atoms with E-state index in [-0.39, 0.29) is 6.04 Å². The predicted octanol–water partition coefficient (Wildman–Crippen LogP) is 3.75. The summed E-state index contributed by atoms with van der Waals surface area (Å²) in [6, 6.07) is 4.54. The van der Waals surface area contributed by atoms with Crippen LogP contribution in [-0.4, -0.2) is 30.0 Å². The highest BCUT2D eigenvalue weighted by Crippen LogP contribution is 2.32. The Hall–Kier alpha value is -0.690. The minimum absolute atomic E-state index is 0.164. The van der Waals surface area contributed by atoms with E-state index in [0.717, 1.165) is 24.0 Å². The Morgan fingerprint density at radius 1 is 1.48 bits per heavy atom. The average Bonchev–Trinajstić information content (AvgIpc) is 3.05. The fourth-order valence-electron chi connectivity index (χ4n) is 2.24. The van der Waals surface area contributed by atoms with Crippen molar-refractivity contribution in [2.24, 2.45) is 0 Å². The zero-order valence-corrected chi connectivity index (χ0v) is 15.1. The third-order valence-electron chi connectivity index (χ3n) is 3.26. The molecular formula is C15H22BrN3OS. The van der Waals surface area contributed by atoms with Crippen LogP contribution in [0.1, 0.15) is 34.8 Å². The molecule has 0 fully saturated rings. The van der Waals surface area contributed by atoms with E-state index in [1.54, 1.807) is 7.11 Å². The molecule has 0 aliphatic rings. The van der Waals surface area contributed by atoms with E-state index in [2.05, 4.69) is 52.3 Å².